The molecular formula is C18H23N3OS. The first-order chi connectivity index (χ1) is 11.2. The monoisotopic (exact) mass is 329 g/mol. The van der Waals surface area contributed by atoms with Crippen LogP contribution in [0.3, 0.4) is 0 Å². The van der Waals surface area contributed by atoms with Crippen LogP contribution in [0, 0.1) is 0 Å². The Morgan fingerprint density at radius 2 is 1.78 bits per heavy atom. The van der Waals surface area contributed by atoms with E-state index in [1.165, 1.54) is 30.4 Å². The molecule has 2 fully saturated rings. The van der Waals surface area contributed by atoms with E-state index in [0.29, 0.717) is 0 Å². The second-order valence-corrected chi connectivity index (χ2v) is 7.16. The maximum absolute atomic E-state index is 12.8. The molecule has 2 saturated heterocycles. The molecule has 4 nitrogen and oxygen atoms in total. The van der Waals surface area contributed by atoms with Gasteiger partial charge in [0.2, 0.25) is 0 Å². The van der Waals surface area contributed by atoms with E-state index in [4.69, 9.17) is 12.2 Å². The number of fused-ring (bicyclic) bond motifs is 2. The first-order valence-corrected chi connectivity index (χ1v) is 9.06. The lowest BCUT2D eigenvalue weighted by Crippen LogP contribution is -2.40. The maximum Gasteiger partial charge on any atom is 0.251 e. The molecule has 1 atom stereocenters. The van der Waals surface area contributed by atoms with Gasteiger partial charge in [0.1, 0.15) is 6.04 Å². The molecule has 1 aromatic carbocycles. The summed E-state index contributed by atoms with van der Waals surface area (Å²) in [5.74, 6) is 0.196. The Morgan fingerprint density at radius 3 is 2.57 bits per heavy atom. The lowest BCUT2D eigenvalue weighted by molar-refractivity contribution is -0.128. The Bertz CT molecular complexity index is 583. The van der Waals surface area contributed by atoms with Crippen molar-refractivity contribution < 1.29 is 4.79 Å². The number of amides is 1. The van der Waals surface area contributed by atoms with Crippen molar-refractivity contribution in [2.45, 2.75) is 38.3 Å². The largest absolute Gasteiger partial charge is 0.332 e. The number of benzene rings is 1. The zero-order valence-corrected chi connectivity index (χ0v) is 14.2. The summed E-state index contributed by atoms with van der Waals surface area (Å²) in [5.41, 5.74) is 2.60. The predicted octanol–water partition coefficient (Wildman–Crippen LogP) is 2.03. The standard InChI is InChI=1S/C18H23N3OS/c22-17-16-12-14-6-2-3-7-15(14)13-21(16)18(23)20(17)11-10-19-8-4-1-5-9-19/h2-3,6-7,16H,1,4-5,8-13H2/t16-/m0/s1. The van der Waals surface area contributed by atoms with E-state index in [0.717, 1.165) is 44.3 Å². The average Bonchev–Trinajstić information content (AvgIpc) is 2.83. The highest BCUT2D eigenvalue weighted by Crippen LogP contribution is 2.30. The Hall–Kier alpha value is -1.46. The minimum Gasteiger partial charge on any atom is -0.332 e. The molecule has 0 bridgehead atoms. The van der Waals surface area contributed by atoms with Gasteiger partial charge in [-0.05, 0) is 49.3 Å². The quantitative estimate of drug-likeness (QED) is 0.793. The highest BCUT2D eigenvalue weighted by atomic mass is 32.1. The molecule has 3 aliphatic heterocycles. The minimum atomic E-state index is -0.0845. The summed E-state index contributed by atoms with van der Waals surface area (Å²) < 4.78 is 0. The molecule has 4 rings (SSSR count). The number of rotatable bonds is 3. The molecule has 0 N–H and O–H groups in total. The van der Waals surface area contributed by atoms with Crippen molar-refractivity contribution in [1.82, 2.24) is 14.7 Å². The Morgan fingerprint density at radius 1 is 1.04 bits per heavy atom. The molecular weight excluding hydrogens is 306 g/mol. The smallest absolute Gasteiger partial charge is 0.251 e. The molecule has 23 heavy (non-hydrogen) atoms. The average molecular weight is 329 g/mol. The number of carbonyl (C=O) groups excluding carboxylic acids is 1. The number of nitrogens with zero attached hydrogens (tertiary/aromatic N) is 3. The maximum atomic E-state index is 12.8. The van der Waals surface area contributed by atoms with E-state index in [2.05, 4.69) is 34.1 Å². The van der Waals surface area contributed by atoms with Crippen LogP contribution in [0.25, 0.3) is 0 Å². The van der Waals surface area contributed by atoms with Crippen molar-refractivity contribution in [2.24, 2.45) is 0 Å². The lowest BCUT2D eigenvalue weighted by atomic mass is 9.95. The molecule has 0 saturated carbocycles. The number of carbonyl (C=O) groups is 1. The zero-order chi connectivity index (χ0) is 15.8. The molecule has 0 radical (unpaired) electrons. The summed E-state index contributed by atoms with van der Waals surface area (Å²) in [6.07, 6.45) is 4.69. The van der Waals surface area contributed by atoms with E-state index in [-0.39, 0.29) is 11.9 Å². The van der Waals surface area contributed by atoms with Crippen LogP contribution in [0.4, 0.5) is 0 Å². The molecule has 3 aliphatic rings. The highest BCUT2D eigenvalue weighted by Gasteiger charge is 2.44. The van der Waals surface area contributed by atoms with Crippen LogP contribution >= 0.6 is 12.2 Å². The van der Waals surface area contributed by atoms with Crippen LogP contribution in [0.5, 0.6) is 0 Å². The summed E-state index contributed by atoms with van der Waals surface area (Å²) in [7, 11) is 0. The van der Waals surface area contributed by atoms with Crippen LogP contribution < -0.4 is 0 Å². The fourth-order valence-electron chi connectivity index (χ4n) is 4.00. The van der Waals surface area contributed by atoms with Gasteiger partial charge >= 0.3 is 0 Å². The summed E-state index contributed by atoms with van der Waals surface area (Å²) in [5, 5.41) is 0.728. The van der Waals surface area contributed by atoms with Gasteiger partial charge in [-0.2, -0.15) is 0 Å². The third kappa shape index (κ3) is 2.76. The SMILES string of the molecule is O=C1[C@@H]2Cc3ccccc3CN2C(=S)N1CCN1CCCCC1. The first-order valence-electron chi connectivity index (χ1n) is 8.65. The van der Waals surface area contributed by atoms with Crippen LogP contribution in [0.1, 0.15) is 30.4 Å². The molecule has 1 amide bonds. The molecule has 1 aromatic rings. The summed E-state index contributed by atoms with van der Waals surface area (Å²) >= 11 is 5.62. The van der Waals surface area contributed by atoms with Crippen molar-refractivity contribution in [1.29, 1.82) is 0 Å². The fourth-order valence-corrected chi connectivity index (χ4v) is 4.38. The van der Waals surface area contributed by atoms with Gasteiger partial charge in [0, 0.05) is 26.1 Å². The number of hydrogen-bond acceptors (Lipinski definition) is 3. The van der Waals surface area contributed by atoms with E-state index in [1.54, 1.807) is 0 Å². The van der Waals surface area contributed by atoms with E-state index < -0.39 is 0 Å². The minimum absolute atomic E-state index is 0.0845. The van der Waals surface area contributed by atoms with Gasteiger partial charge in [0.25, 0.3) is 5.91 Å². The molecule has 0 unspecified atom stereocenters. The zero-order valence-electron chi connectivity index (χ0n) is 13.4. The third-order valence-electron chi connectivity index (χ3n) is 5.36. The van der Waals surface area contributed by atoms with Crippen LogP contribution in [0.15, 0.2) is 24.3 Å². The van der Waals surface area contributed by atoms with Crippen molar-refractivity contribution in [3.05, 3.63) is 35.4 Å². The van der Waals surface area contributed by atoms with Crippen molar-refractivity contribution >= 4 is 23.2 Å². The number of thiocarbonyl (C=S) groups is 1. The fraction of sp³-hybridized carbons (Fsp3) is 0.556. The number of likely N-dealkylation sites (tertiary alicyclic amines) is 1. The van der Waals surface area contributed by atoms with Crippen molar-refractivity contribution in [3.8, 4) is 0 Å². The van der Waals surface area contributed by atoms with Crippen LogP contribution in [-0.4, -0.2) is 57.9 Å². The normalized spacial score (nSPS) is 24.8. The van der Waals surface area contributed by atoms with Gasteiger partial charge in [0.05, 0.1) is 0 Å². The summed E-state index contributed by atoms with van der Waals surface area (Å²) in [6.45, 7) is 4.77. The predicted molar refractivity (Wildman–Crippen MR) is 94.1 cm³/mol. The van der Waals surface area contributed by atoms with Gasteiger partial charge in [-0.25, -0.2) is 0 Å². The molecule has 0 aliphatic carbocycles. The van der Waals surface area contributed by atoms with Crippen LogP contribution in [0.2, 0.25) is 0 Å². The number of hydrogen-bond donors (Lipinski definition) is 0. The van der Waals surface area contributed by atoms with Gasteiger partial charge in [-0.1, -0.05) is 30.7 Å². The highest BCUT2D eigenvalue weighted by molar-refractivity contribution is 7.80. The Labute approximate surface area is 143 Å². The van der Waals surface area contributed by atoms with E-state index in [1.807, 2.05) is 4.90 Å². The van der Waals surface area contributed by atoms with Gasteiger partial charge < -0.3 is 9.80 Å². The van der Waals surface area contributed by atoms with Crippen molar-refractivity contribution in [3.63, 3.8) is 0 Å². The first kappa shape index (κ1) is 15.1. The molecule has 122 valence electrons. The Balaban J connectivity index is 1.45. The summed E-state index contributed by atoms with van der Waals surface area (Å²) in [6, 6.07) is 8.32. The second kappa shape index (κ2) is 6.21. The number of piperidine rings is 1. The van der Waals surface area contributed by atoms with Crippen molar-refractivity contribution in [2.75, 3.05) is 26.2 Å². The van der Waals surface area contributed by atoms with Gasteiger partial charge in [-0.3, -0.25) is 9.69 Å². The molecule has 0 spiro atoms. The molecule has 5 heteroatoms. The van der Waals surface area contributed by atoms with Gasteiger partial charge in [-0.15, -0.1) is 0 Å². The summed E-state index contributed by atoms with van der Waals surface area (Å²) in [4.78, 5) is 19.2. The Kier molecular flexibility index (Phi) is 4.07. The lowest BCUT2D eigenvalue weighted by Gasteiger charge is -2.30. The van der Waals surface area contributed by atoms with Gasteiger partial charge in [0.15, 0.2) is 5.11 Å². The third-order valence-corrected chi connectivity index (χ3v) is 5.82. The van der Waals surface area contributed by atoms with E-state index >= 15 is 0 Å². The molecule has 0 aromatic heterocycles. The second-order valence-electron chi connectivity index (χ2n) is 6.79. The van der Waals surface area contributed by atoms with Crippen LogP contribution in [-0.2, 0) is 17.8 Å². The molecule has 3 heterocycles. The topological polar surface area (TPSA) is 26.8 Å². The van der Waals surface area contributed by atoms with E-state index in [9.17, 15) is 4.79 Å².